The van der Waals surface area contributed by atoms with Gasteiger partial charge in [-0.05, 0) is 26.8 Å². The van der Waals surface area contributed by atoms with E-state index in [1.54, 1.807) is 31.9 Å². The quantitative estimate of drug-likeness (QED) is 0.856. The molecule has 1 N–H and O–H groups in total. The molecular weight excluding hydrogens is 230 g/mol. The first kappa shape index (κ1) is 13.9. The van der Waals surface area contributed by atoms with Crippen molar-refractivity contribution in [2.24, 2.45) is 0 Å². The molecular formula is C12H17N5O. The van der Waals surface area contributed by atoms with Gasteiger partial charge in [0.25, 0.3) is 0 Å². The number of carbonyl (C=O) groups excluding carboxylic acids is 1. The molecule has 0 aliphatic carbocycles. The minimum Gasteiger partial charge on any atom is -0.344 e. The Bertz CT molecular complexity index is 480. The molecule has 18 heavy (non-hydrogen) atoms. The van der Waals surface area contributed by atoms with E-state index < -0.39 is 6.04 Å². The third kappa shape index (κ3) is 3.42. The Morgan fingerprint density at radius 3 is 2.83 bits per heavy atom. The number of carbonyl (C=O) groups is 1. The summed E-state index contributed by atoms with van der Waals surface area (Å²) in [6.07, 6.45) is 0. The zero-order valence-corrected chi connectivity index (χ0v) is 11.1. The minimum atomic E-state index is -0.428. The van der Waals surface area contributed by atoms with Crippen LogP contribution >= 0.6 is 0 Å². The van der Waals surface area contributed by atoms with E-state index in [0.29, 0.717) is 18.2 Å². The average Bonchev–Trinajstić information content (AvgIpc) is 2.35. The molecule has 6 nitrogen and oxygen atoms in total. The summed E-state index contributed by atoms with van der Waals surface area (Å²) < 4.78 is 0. The summed E-state index contributed by atoms with van der Waals surface area (Å²) in [4.78, 5) is 21.6. The Balaban J connectivity index is 2.82. The number of aromatic nitrogens is 2. The van der Waals surface area contributed by atoms with Gasteiger partial charge in [0.05, 0.1) is 0 Å². The number of likely N-dealkylation sites (N-methyl/N-ethyl adjacent to an activating group) is 1. The second kappa shape index (κ2) is 5.96. The third-order valence-electron chi connectivity index (χ3n) is 2.54. The first-order chi connectivity index (χ1) is 8.47. The second-order valence-electron chi connectivity index (χ2n) is 4.05. The van der Waals surface area contributed by atoms with E-state index in [4.69, 9.17) is 5.26 Å². The van der Waals surface area contributed by atoms with Gasteiger partial charge in [-0.1, -0.05) is 0 Å². The van der Waals surface area contributed by atoms with Crippen molar-refractivity contribution in [2.45, 2.75) is 26.8 Å². The molecule has 1 aromatic rings. The van der Waals surface area contributed by atoms with Crippen LogP contribution < -0.4 is 5.32 Å². The summed E-state index contributed by atoms with van der Waals surface area (Å²) in [6.45, 7) is 6.06. The van der Waals surface area contributed by atoms with E-state index in [1.165, 1.54) is 0 Å². The average molecular weight is 247 g/mol. The topological polar surface area (TPSA) is 81.9 Å². The van der Waals surface area contributed by atoms with Gasteiger partial charge in [-0.3, -0.25) is 4.79 Å². The maximum absolute atomic E-state index is 11.9. The second-order valence-corrected chi connectivity index (χ2v) is 4.05. The molecule has 0 spiro atoms. The zero-order valence-electron chi connectivity index (χ0n) is 11.1. The van der Waals surface area contributed by atoms with Gasteiger partial charge in [0.15, 0.2) is 0 Å². The number of rotatable bonds is 4. The maximum Gasteiger partial charge on any atom is 0.244 e. The fourth-order valence-electron chi connectivity index (χ4n) is 1.43. The molecule has 1 heterocycles. The number of aryl methyl sites for hydroxylation is 1. The summed E-state index contributed by atoms with van der Waals surface area (Å²) in [5.74, 6) is 0.262. The molecule has 1 atom stereocenters. The molecule has 0 saturated carbocycles. The molecule has 6 heteroatoms. The Morgan fingerprint density at radius 1 is 1.61 bits per heavy atom. The molecule has 96 valence electrons. The lowest BCUT2D eigenvalue weighted by atomic mass is 10.3. The fraction of sp³-hybridized carbons (Fsp3) is 0.500. The van der Waals surface area contributed by atoms with E-state index in [2.05, 4.69) is 15.3 Å². The highest BCUT2D eigenvalue weighted by molar-refractivity contribution is 5.83. The van der Waals surface area contributed by atoms with Crippen molar-refractivity contribution in [2.75, 3.05) is 18.9 Å². The maximum atomic E-state index is 11.9. The van der Waals surface area contributed by atoms with Gasteiger partial charge in [0, 0.05) is 19.3 Å². The smallest absolute Gasteiger partial charge is 0.244 e. The highest BCUT2D eigenvalue weighted by Crippen LogP contribution is 2.06. The van der Waals surface area contributed by atoms with Crippen molar-refractivity contribution in [3.8, 4) is 6.07 Å². The lowest BCUT2D eigenvalue weighted by Crippen LogP contribution is -2.39. The van der Waals surface area contributed by atoms with Crippen LogP contribution in [0.15, 0.2) is 6.07 Å². The zero-order chi connectivity index (χ0) is 13.7. The van der Waals surface area contributed by atoms with Crippen LogP contribution in [0.2, 0.25) is 0 Å². The van der Waals surface area contributed by atoms with Crippen LogP contribution in [0.1, 0.15) is 25.2 Å². The summed E-state index contributed by atoms with van der Waals surface area (Å²) in [6, 6.07) is 3.12. The Labute approximate surface area is 107 Å². The monoisotopic (exact) mass is 247 g/mol. The van der Waals surface area contributed by atoms with Gasteiger partial charge in [0.1, 0.15) is 17.8 Å². The van der Waals surface area contributed by atoms with Gasteiger partial charge >= 0.3 is 0 Å². The standard InChI is InChI=1S/C12H17N5O/c1-5-17(4)11(18)9(3)15-12-14-8(2)6-10(7-13)16-12/h6,9H,5H2,1-4H3,(H,14,15,16). The molecule has 1 aromatic heterocycles. The summed E-state index contributed by atoms with van der Waals surface area (Å²) in [5, 5.41) is 11.7. The largest absolute Gasteiger partial charge is 0.344 e. The van der Waals surface area contributed by atoms with E-state index in [0.717, 1.165) is 0 Å². The predicted molar refractivity (Wildman–Crippen MR) is 67.9 cm³/mol. The van der Waals surface area contributed by atoms with Gasteiger partial charge in [-0.2, -0.15) is 5.26 Å². The van der Waals surface area contributed by atoms with E-state index in [-0.39, 0.29) is 11.6 Å². The van der Waals surface area contributed by atoms with Crippen molar-refractivity contribution in [3.63, 3.8) is 0 Å². The third-order valence-corrected chi connectivity index (χ3v) is 2.54. The van der Waals surface area contributed by atoms with Gasteiger partial charge in [0.2, 0.25) is 11.9 Å². The van der Waals surface area contributed by atoms with Crippen LogP contribution in [0, 0.1) is 18.3 Å². The van der Waals surface area contributed by atoms with Crippen LogP contribution in [-0.2, 0) is 4.79 Å². The number of amides is 1. The van der Waals surface area contributed by atoms with Crippen molar-refractivity contribution in [3.05, 3.63) is 17.5 Å². The number of nitrogens with one attached hydrogen (secondary N) is 1. The molecule has 0 radical (unpaired) electrons. The minimum absolute atomic E-state index is 0.0406. The number of anilines is 1. The molecule has 1 rings (SSSR count). The Morgan fingerprint density at radius 2 is 2.28 bits per heavy atom. The number of hydrogen-bond acceptors (Lipinski definition) is 5. The highest BCUT2D eigenvalue weighted by Gasteiger charge is 2.17. The molecule has 0 bridgehead atoms. The summed E-state index contributed by atoms with van der Waals surface area (Å²) >= 11 is 0. The van der Waals surface area contributed by atoms with Gasteiger partial charge in [-0.25, -0.2) is 9.97 Å². The highest BCUT2D eigenvalue weighted by atomic mass is 16.2. The molecule has 1 amide bonds. The number of nitrogens with zero attached hydrogens (tertiary/aromatic N) is 4. The fourth-order valence-corrected chi connectivity index (χ4v) is 1.43. The van der Waals surface area contributed by atoms with Crippen LogP contribution in [0.3, 0.4) is 0 Å². The van der Waals surface area contributed by atoms with Crippen LogP contribution in [-0.4, -0.2) is 40.4 Å². The molecule has 0 aromatic carbocycles. The van der Waals surface area contributed by atoms with E-state index in [1.807, 2.05) is 13.0 Å². The molecule has 0 saturated heterocycles. The Hall–Kier alpha value is -2.16. The lowest BCUT2D eigenvalue weighted by Gasteiger charge is -2.20. The summed E-state index contributed by atoms with van der Waals surface area (Å²) in [7, 11) is 1.73. The van der Waals surface area contributed by atoms with Gasteiger partial charge in [-0.15, -0.1) is 0 Å². The molecule has 1 unspecified atom stereocenters. The van der Waals surface area contributed by atoms with Gasteiger partial charge < -0.3 is 10.2 Å². The first-order valence-electron chi connectivity index (χ1n) is 5.75. The predicted octanol–water partition coefficient (Wildman–Crippen LogP) is 0.935. The van der Waals surface area contributed by atoms with Crippen molar-refractivity contribution in [1.29, 1.82) is 5.26 Å². The molecule has 0 fully saturated rings. The number of nitriles is 1. The first-order valence-corrected chi connectivity index (χ1v) is 5.75. The van der Waals surface area contributed by atoms with Crippen LogP contribution in [0.25, 0.3) is 0 Å². The van der Waals surface area contributed by atoms with Crippen LogP contribution in [0.5, 0.6) is 0 Å². The molecule has 0 aliphatic rings. The molecule has 0 aliphatic heterocycles. The van der Waals surface area contributed by atoms with Crippen molar-refractivity contribution < 1.29 is 4.79 Å². The lowest BCUT2D eigenvalue weighted by molar-refractivity contribution is -0.130. The summed E-state index contributed by atoms with van der Waals surface area (Å²) in [5.41, 5.74) is 0.973. The van der Waals surface area contributed by atoms with Crippen molar-refractivity contribution in [1.82, 2.24) is 14.9 Å². The van der Waals surface area contributed by atoms with Crippen LogP contribution in [0.4, 0.5) is 5.95 Å². The number of hydrogen-bond donors (Lipinski definition) is 1. The van der Waals surface area contributed by atoms with Crippen molar-refractivity contribution >= 4 is 11.9 Å². The SMILES string of the molecule is CCN(C)C(=O)C(C)Nc1nc(C)cc(C#N)n1. The van der Waals surface area contributed by atoms with E-state index in [9.17, 15) is 4.79 Å². The normalized spacial score (nSPS) is 11.5. The van der Waals surface area contributed by atoms with E-state index >= 15 is 0 Å². The Kier molecular flexibility index (Phi) is 4.60.